The lowest BCUT2D eigenvalue weighted by atomic mass is 10.2. The zero-order valence-corrected chi connectivity index (χ0v) is 15.4. The number of nitrogens with one attached hydrogen (secondary N) is 2. The molecular weight excluding hydrogens is 379 g/mol. The number of fused-ring (bicyclic) bond motifs is 1. The highest BCUT2D eigenvalue weighted by Crippen LogP contribution is 2.32. The second kappa shape index (κ2) is 7.85. The number of amides is 2. The Kier molecular flexibility index (Phi) is 5.54. The highest BCUT2D eigenvalue weighted by atomic mass is 35.5. The number of benzene rings is 2. The Balaban J connectivity index is 1.55. The molecule has 2 aromatic carbocycles. The zero-order valence-electron chi connectivity index (χ0n) is 13.8. The molecule has 26 heavy (non-hydrogen) atoms. The Morgan fingerprint density at radius 3 is 2.65 bits per heavy atom. The molecule has 0 aliphatic carbocycles. The molecule has 1 aliphatic rings. The van der Waals surface area contributed by atoms with Gasteiger partial charge in [0, 0.05) is 11.6 Å². The first-order valence-corrected chi connectivity index (χ1v) is 8.62. The van der Waals surface area contributed by atoms with Crippen molar-refractivity contribution in [3.8, 4) is 11.5 Å². The molecule has 0 radical (unpaired) electrons. The fourth-order valence-electron chi connectivity index (χ4n) is 2.41. The summed E-state index contributed by atoms with van der Waals surface area (Å²) in [5.74, 6) is 0.564. The van der Waals surface area contributed by atoms with Crippen LogP contribution in [0.5, 0.6) is 11.5 Å². The van der Waals surface area contributed by atoms with Gasteiger partial charge in [0.2, 0.25) is 12.7 Å². The summed E-state index contributed by atoms with van der Waals surface area (Å²) in [6.07, 6.45) is 0. The number of ether oxygens (including phenoxy) is 2. The van der Waals surface area contributed by atoms with Gasteiger partial charge >= 0.3 is 0 Å². The summed E-state index contributed by atoms with van der Waals surface area (Å²) in [6.45, 7) is 2.09. The van der Waals surface area contributed by atoms with Gasteiger partial charge in [-0.3, -0.25) is 9.59 Å². The van der Waals surface area contributed by atoms with Crippen molar-refractivity contribution in [3.63, 3.8) is 0 Å². The fraction of sp³-hybridized carbons (Fsp3) is 0.222. The maximum atomic E-state index is 12.2. The second-order valence-electron chi connectivity index (χ2n) is 5.72. The predicted molar refractivity (Wildman–Crippen MR) is 97.8 cm³/mol. The van der Waals surface area contributed by atoms with Crippen molar-refractivity contribution >= 4 is 35.0 Å². The van der Waals surface area contributed by atoms with Crippen molar-refractivity contribution in [1.29, 1.82) is 0 Å². The molecule has 0 saturated carbocycles. The normalized spacial score (nSPS) is 13.2. The monoisotopic (exact) mass is 394 g/mol. The quantitative estimate of drug-likeness (QED) is 0.816. The van der Waals surface area contributed by atoms with Crippen molar-refractivity contribution < 1.29 is 19.1 Å². The molecule has 6 nitrogen and oxygen atoms in total. The van der Waals surface area contributed by atoms with Crippen molar-refractivity contribution in [2.45, 2.75) is 19.5 Å². The van der Waals surface area contributed by atoms with E-state index in [0.717, 1.165) is 5.56 Å². The number of carbonyl (C=O) groups is 2. The molecule has 2 amide bonds. The molecule has 1 atom stereocenters. The minimum atomic E-state index is -0.733. The van der Waals surface area contributed by atoms with Gasteiger partial charge < -0.3 is 20.1 Å². The smallest absolute Gasteiger partial charge is 0.253 e. The van der Waals surface area contributed by atoms with E-state index in [0.29, 0.717) is 23.1 Å². The molecule has 0 bridgehead atoms. The molecule has 0 spiro atoms. The average Bonchev–Trinajstić information content (AvgIpc) is 3.07. The minimum Gasteiger partial charge on any atom is -0.454 e. The molecule has 0 saturated heterocycles. The van der Waals surface area contributed by atoms with E-state index >= 15 is 0 Å². The summed E-state index contributed by atoms with van der Waals surface area (Å²) in [5.41, 5.74) is 1.12. The third kappa shape index (κ3) is 4.20. The Bertz CT molecular complexity index is 857. The van der Waals surface area contributed by atoms with Crippen LogP contribution in [0.25, 0.3) is 0 Å². The molecule has 2 aromatic rings. The van der Waals surface area contributed by atoms with Gasteiger partial charge in [-0.25, -0.2) is 0 Å². The number of rotatable bonds is 5. The molecule has 0 unspecified atom stereocenters. The third-order valence-electron chi connectivity index (χ3n) is 3.82. The predicted octanol–water partition coefficient (Wildman–Crippen LogP) is 3.16. The first kappa shape index (κ1) is 18.4. The van der Waals surface area contributed by atoms with Crippen LogP contribution in [-0.4, -0.2) is 24.6 Å². The van der Waals surface area contributed by atoms with Crippen LogP contribution in [0, 0.1) is 0 Å². The maximum Gasteiger partial charge on any atom is 0.253 e. The zero-order chi connectivity index (χ0) is 18.7. The SMILES string of the molecule is C[C@H](NC(=O)c1ccc(Cl)cc1Cl)C(=O)NCc1ccc2c(c1)OCO2. The number of halogens is 2. The van der Waals surface area contributed by atoms with Crippen LogP contribution in [0.15, 0.2) is 36.4 Å². The lowest BCUT2D eigenvalue weighted by molar-refractivity contribution is -0.122. The van der Waals surface area contributed by atoms with Crippen LogP contribution in [0.1, 0.15) is 22.8 Å². The summed E-state index contributed by atoms with van der Waals surface area (Å²) in [6, 6.07) is 9.25. The van der Waals surface area contributed by atoms with E-state index in [1.54, 1.807) is 25.1 Å². The summed E-state index contributed by atoms with van der Waals surface area (Å²) < 4.78 is 10.5. The highest BCUT2D eigenvalue weighted by Gasteiger charge is 2.19. The van der Waals surface area contributed by atoms with Gasteiger partial charge in [-0.1, -0.05) is 29.3 Å². The molecule has 3 rings (SSSR count). The lowest BCUT2D eigenvalue weighted by Gasteiger charge is -2.15. The van der Waals surface area contributed by atoms with Crippen LogP contribution in [-0.2, 0) is 11.3 Å². The number of hydrogen-bond donors (Lipinski definition) is 2. The Morgan fingerprint density at radius 2 is 1.88 bits per heavy atom. The molecule has 2 N–H and O–H groups in total. The summed E-state index contributed by atoms with van der Waals surface area (Å²) in [7, 11) is 0. The topological polar surface area (TPSA) is 76.7 Å². The molecular formula is C18H16Cl2N2O4. The van der Waals surface area contributed by atoms with Gasteiger partial charge in [-0.15, -0.1) is 0 Å². The van der Waals surface area contributed by atoms with Crippen LogP contribution in [0.3, 0.4) is 0 Å². The van der Waals surface area contributed by atoms with Gasteiger partial charge in [-0.2, -0.15) is 0 Å². The molecule has 8 heteroatoms. The maximum absolute atomic E-state index is 12.2. The standard InChI is InChI=1S/C18H16Cl2N2O4/c1-10(22-18(24)13-4-3-12(19)7-14(13)20)17(23)21-8-11-2-5-15-16(6-11)26-9-25-15/h2-7,10H,8-9H2,1H3,(H,21,23)(H,22,24)/t10-/m0/s1. The van der Waals surface area contributed by atoms with Gasteiger partial charge in [0.15, 0.2) is 11.5 Å². The summed E-state index contributed by atoms with van der Waals surface area (Å²) in [5, 5.41) is 6.03. The first-order valence-electron chi connectivity index (χ1n) is 7.86. The van der Waals surface area contributed by atoms with E-state index in [1.165, 1.54) is 12.1 Å². The van der Waals surface area contributed by atoms with Gasteiger partial charge in [0.05, 0.1) is 10.6 Å². The molecule has 1 heterocycles. The third-order valence-corrected chi connectivity index (χ3v) is 4.37. The average molecular weight is 395 g/mol. The Hall–Kier alpha value is -2.44. The van der Waals surface area contributed by atoms with Crippen molar-refractivity contribution in [1.82, 2.24) is 10.6 Å². The van der Waals surface area contributed by atoms with E-state index in [-0.39, 0.29) is 23.3 Å². The highest BCUT2D eigenvalue weighted by molar-refractivity contribution is 6.36. The number of hydrogen-bond acceptors (Lipinski definition) is 4. The van der Waals surface area contributed by atoms with Crippen molar-refractivity contribution in [3.05, 3.63) is 57.6 Å². The van der Waals surface area contributed by atoms with Gasteiger partial charge in [0.25, 0.3) is 5.91 Å². The summed E-state index contributed by atoms with van der Waals surface area (Å²) in [4.78, 5) is 24.5. The first-order chi connectivity index (χ1) is 12.4. The molecule has 1 aliphatic heterocycles. The van der Waals surface area contributed by atoms with E-state index in [2.05, 4.69) is 10.6 Å². The van der Waals surface area contributed by atoms with E-state index < -0.39 is 11.9 Å². The van der Waals surface area contributed by atoms with E-state index in [1.807, 2.05) is 6.07 Å². The summed E-state index contributed by atoms with van der Waals surface area (Å²) >= 11 is 11.8. The van der Waals surface area contributed by atoms with Gasteiger partial charge in [0.1, 0.15) is 6.04 Å². The fourth-order valence-corrected chi connectivity index (χ4v) is 2.90. The van der Waals surface area contributed by atoms with Crippen LogP contribution < -0.4 is 20.1 Å². The molecule has 136 valence electrons. The van der Waals surface area contributed by atoms with Gasteiger partial charge in [-0.05, 0) is 42.8 Å². The molecule has 0 fully saturated rings. The molecule has 0 aromatic heterocycles. The van der Waals surface area contributed by atoms with Crippen LogP contribution >= 0.6 is 23.2 Å². The van der Waals surface area contributed by atoms with Crippen LogP contribution in [0.2, 0.25) is 10.0 Å². The number of carbonyl (C=O) groups excluding carboxylic acids is 2. The lowest BCUT2D eigenvalue weighted by Crippen LogP contribution is -2.44. The second-order valence-corrected chi connectivity index (χ2v) is 6.57. The van der Waals surface area contributed by atoms with E-state index in [9.17, 15) is 9.59 Å². The van der Waals surface area contributed by atoms with Crippen LogP contribution in [0.4, 0.5) is 0 Å². The van der Waals surface area contributed by atoms with Crippen molar-refractivity contribution in [2.75, 3.05) is 6.79 Å². The largest absolute Gasteiger partial charge is 0.454 e. The Labute approximate surface area is 160 Å². The minimum absolute atomic E-state index is 0.196. The van der Waals surface area contributed by atoms with E-state index in [4.69, 9.17) is 32.7 Å². The Morgan fingerprint density at radius 1 is 1.12 bits per heavy atom. The van der Waals surface area contributed by atoms with Crippen molar-refractivity contribution in [2.24, 2.45) is 0 Å².